The number of para-hydroxylation sites is 1. The normalized spacial score (nSPS) is 16.3. The van der Waals surface area contributed by atoms with Crippen molar-refractivity contribution in [2.24, 2.45) is 0 Å². The van der Waals surface area contributed by atoms with Gasteiger partial charge in [-0.3, -0.25) is 4.90 Å². The fourth-order valence-electron chi connectivity index (χ4n) is 2.49. The van der Waals surface area contributed by atoms with Crippen LogP contribution in [0.2, 0.25) is 0 Å². The van der Waals surface area contributed by atoms with Crippen molar-refractivity contribution in [1.29, 1.82) is 0 Å². The van der Waals surface area contributed by atoms with Crippen LogP contribution < -0.4 is 10.1 Å². The molecular formula is C16H23N3O2S. The van der Waals surface area contributed by atoms with Crippen molar-refractivity contribution in [2.45, 2.75) is 20.0 Å². The van der Waals surface area contributed by atoms with E-state index in [9.17, 15) is 0 Å². The third kappa shape index (κ3) is 3.88. The van der Waals surface area contributed by atoms with Gasteiger partial charge in [-0.1, -0.05) is 17.4 Å². The van der Waals surface area contributed by atoms with Crippen molar-refractivity contribution in [1.82, 2.24) is 9.88 Å². The maximum Gasteiger partial charge on any atom is 0.183 e. The highest BCUT2D eigenvalue weighted by Gasteiger charge is 2.12. The van der Waals surface area contributed by atoms with Gasteiger partial charge in [-0.05, 0) is 26.0 Å². The average molecular weight is 321 g/mol. The molecule has 1 aliphatic heterocycles. The SMILES string of the molecule is CC(C)Oc1cccc2sc(NCCN3CCOCC3)nc12. The Hall–Kier alpha value is -1.37. The van der Waals surface area contributed by atoms with E-state index in [4.69, 9.17) is 9.47 Å². The molecule has 5 nitrogen and oxygen atoms in total. The molecule has 120 valence electrons. The first-order valence-electron chi connectivity index (χ1n) is 7.82. The Morgan fingerprint density at radius 2 is 2.18 bits per heavy atom. The monoisotopic (exact) mass is 321 g/mol. The predicted octanol–water partition coefficient (Wildman–Crippen LogP) is 2.83. The van der Waals surface area contributed by atoms with Crippen LogP contribution in [0.15, 0.2) is 18.2 Å². The molecule has 22 heavy (non-hydrogen) atoms. The van der Waals surface area contributed by atoms with Crippen LogP contribution in [0.1, 0.15) is 13.8 Å². The topological polar surface area (TPSA) is 46.6 Å². The molecule has 1 aromatic carbocycles. The number of benzene rings is 1. The number of hydrogen-bond donors (Lipinski definition) is 1. The zero-order valence-electron chi connectivity index (χ0n) is 13.2. The van der Waals surface area contributed by atoms with Crippen molar-refractivity contribution in [3.8, 4) is 5.75 Å². The minimum Gasteiger partial charge on any atom is -0.489 e. The molecular weight excluding hydrogens is 298 g/mol. The number of ether oxygens (including phenoxy) is 2. The number of thiazole rings is 1. The van der Waals surface area contributed by atoms with Gasteiger partial charge in [0.25, 0.3) is 0 Å². The number of fused-ring (bicyclic) bond motifs is 1. The second kappa shape index (κ2) is 7.26. The fourth-order valence-corrected chi connectivity index (χ4v) is 3.40. The van der Waals surface area contributed by atoms with Gasteiger partial charge in [-0.15, -0.1) is 0 Å². The van der Waals surface area contributed by atoms with Gasteiger partial charge in [-0.25, -0.2) is 4.98 Å². The molecule has 0 saturated carbocycles. The van der Waals surface area contributed by atoms with E-state index in [0.717, 1.165) is 60.5 Å². The van der Waals surface area contributed by atoms with Gasteiger partial charge in [0, 0.05) is 26.2 Å². The summed E-state index contributed by atoms with van der Waals surface area (Å²) < 4.78 is 12.4. The maximum atomic E-state index is 5.83. The van der Waals surface area contributed by atoms with Crippen LogP contribution in [0, 0.1) is 0 Å². The molecule has 0 bridgehead atoms. The van der Waals surface area contributed by atoms with Crippen LogP contribution in [0.25, 0.3) is 10.2 Å². The first kappa shape index (κ1) is 15.5. The number of morpholine rings is 1. The van der Waals surface area contributed by atoms with Crippen LogP contribution in [0.4, 0.5) is 5.13 Å². The van der Waals surface area contributed by atoms with Gasteiger partial charge in [-0.2, -0.15) is 0 Å². The van der Waals surface area contributed by atoms with Gasteiger partial charge in [0.2, 0.25) is 0 Å². The molecule has 3 rings (SSSR count). The number of aromatic nitrogens is 1. The van der Waals surface area contributed by atoms with Crippen LogP contribution in [0.3, 0.4) is 0 Å². The lowest BCUT2D eigenvalue weighted by Crippen LogP contribution is -2.38. The summed E-state index contributed by atoms with van der Waals surface area (Å²) in [6.45, 7) is 9.73. The van der Waals surface area contributed by atoms with Crippen molar-refractivity contribution >= 4 is 26.7 Å². The van der Waals surface area contributed by atoms with E-state index in [1.165, 1.54) is 0 Å². The van der Waals surface area contributed by atoms with Crippen LogP contribution in [0.5, 0.6) is 5.75 Å². The van der Waals surface area contributed by atoms with E-state index in [-0.39, 0.29) is 6.10 Å². The summed E-state index contributed by atoms with van der Waals surface area (Å²) >= 11 is 1.68. The molecule has 0 unspecified atom stereocenters. The third-order valence-corrected chi connectivity index (χ3v) is 4.53. The zero-order chi connectivity index (χ0) is 15.4. The average Bonchev–Trinajstić information content (AvgIpc) is 2.92. The molecule has 1 saturated heterocycles. The lowest BCUT2D eigenvalue weighted by Gasteiger charge is -2.26. The van der Waals surface area contributed by atoms with Gasteiger partial charge in [0.15, 0.2) is 5.13 Å². The third-order valence-electron chi connectivity index (χ3n) is 3.55. The first-order valence-corrected chi connectivity index (χ1v) is 8.64. The van der Waals surface area contributed by atoms with E-state index in [2.05, 4.69) is 21.3 Å². The van der Waals surface area contributed by atoms with Crippen molar-refractivity contribution in [3.05, 3.63) is 18.2 Å². The molecule has 0 atom stereocenters. The number of nitrogens with zero attached hydrogens (tertiary/aromatic N) is 2. The smallest absolute Gasteiger partial charge is 0.183 e. The largest absolute Gasteiger partial charge is 0.489 e. The summed E-state index contributed by atoms with van der Waals surface area (Å²) in [6, 6.07) is 6.10. The van der Waals surface area contributed by atoms with Gasteiger partial charge in [0.05, 0.1) is 24.0 Å². The van der Waals surface area contributed by atoms with E-state index >= 15 is 0 Å². The van der Waals surface area contributed by atoms with Crippen molar-refractivity contribution in [2.75, 3.05) is 44.7 Å². The number of hydrogen-bond acceptors (Lipinski definition) is 6. The summed E-state index contributed by atoms with van der Waals surface area (Å²) in [5.74, 6) is 0.866. The van der Waals surface area contributed by atoms with Crippen LogP contribution >= 0.6 is 11.3 Å². The number of rotatable bonds is 6. The first-order chi connectivity index (χ1) is 10.7. The predicted molar refractivity (Wildman–Crippen MR) is 91.1 cm³/mol. The highest BCUT2D eigenvalue weighted by atomic mass is 32.1. The maximum absolute atomic E-state index is 5.83. The van der Waals surface area contributed by atoms with Gasteiger partial charge in [0.1, 0.15) is 11.3 Å². The molecule has 1 fully saturated rings. The molecule has 0 amide bonds. The van der Waals surface area contributed by atoms with Crippen molar-refractivity contribution < 1.29 is 9.47 Å². The summed E-state index contributed by atoms with van der Waals surface area (Å²) in [4.78, 5) is 7.10. The quantitative estimate of drug-likeness (QED) is 0.886. The Bertz CT molecular complexity index is 608. The summed E-state index contributed by atoms with van der Waals surface area (Å²) in [7, 11) is 0. The Kier molecular flexibility index (Phi) is 5.12. The van der Waals surface area contributed by atoms with Gasteiger partial charge >= 0.3 is 0 Å². The summed E-state index contributed by atoms with van der Waals surface area (Å²) in [5, 5.41) is 4.39. The Labute approximate surface area is 135 Å². The summed E-state index contributed by atoms with van der Waals surface area (Å²) in [6.07, 6.45) is 0.157. The number of anilines is 1. The van der Waals surface area contributed by atoms with Crippen LogP contribution in [-0.4, -0.2) is 55.4 Å². The molecule has 0 spiro atoms. The van der Waals surface area contributed by atoms with E-state index in [1.54, 1.807) is 11.3 Å². The Balaban J connectivity index is 1.61. The van der Waals surface area contributed by atoms with E-state index in [1.807, 2.05) is 26.0 Å². The molecule has 2 aromatic rings. The molecule has 1 N–H and O–H groups in total. The molecule has 1 aromatic heterocycles. The standard InChI is InChI=1S/C16H23N3O2S/c1-12(2)21-13-4-3-5-14-15(13)18-16(22-14)17-6-7-19-8-10-20-11-9-19/h3-5,12H,6-11H2,1-2H3,(H,17,18). The second-order valence-electron chi connectivity index (χ2n) is 5.67. The fraction of sp³-hybridized carbons (Fsp3) is 0.562. The minimum absolute atomic E-state index is 0.157. The van der Waals surface area contributed by atoms with Gasteiger partial charge < -0.3 is 14.8 Å². The van der Waals surface area contributed by atoms with Crippen LogP contribution in [-0.2, 0) is 4.74 Å². The number of nitrogens with one attached hydrogen (secondary N) is 1. The lowest BCUT2D eigenvalue weighted by molar-refractivity contribution is 0.0398. The highest BCUT2D eigenvalue weighted by Crippen LogP contribution is 2.32. The van der Waals surface area contributed by atoms with E-state index in [0.29, 0.717) is 0 Å². The Morgan fingerprint density at radius 3 is 2.95 bits per heavy atom. The molecule has 1 aliphatic rings. The molecule has 6 heteroatoms. The molecule has 2 heterocycles. The van der Waals surface area contributed by atoms with Crippen molar-refractivity contribution in [3.63, 3.8) is 0 Å². The van der Waals surface area contributed by atoms with E-state index < -0.39 is 0 Å². The highest BCUT2D eigenvalue weighted by molar-refractivity contribution is 7.22. The zero-order valence-corrected chi connectivity index (χ0v) is 14.0. The lowest BCUT2D eigenvalue weighted by atomic mass is 10.3. The Morgan fingerprint density at radius 1 is 1.36 bits per heavy atom. The molecule has 0 radical (unpaired) electrons. The second-order valence-corrected chi connectivity index (χ2v) is 6.70. The summed E-state index contributed by atoms with van der Waals surface area (Å²) in [5.41, 5.74) is 0.954. The minimum atomic E-state index is 0.157. The molecule has 0 aliphatic carbocycles.